The summed E-state index contributed by atoms with van der Waals surface area (Å²) < 4.78 is 48.8. The molecule has 1 N–H and O–H groups in total. The molecular weight excluding hydrogens is 425 g/mol. The highest BCUT2D eigenvalue weighted by molar-refractivity contribution is 6.35. The minimum absolute atomic E-state index is 0.126. The molecule has 1 aromatic carbocycles. The Labute approximate surface area is 176 Å². The smallest absolute Gasteiger partial charge is 0.451 e. The van der Waals surface area contributed by atoms with Crippen molar-refractivity contribution in [2.75, 3.05) is 40.0 Å². The minimum atomic E-state index is -4.62. The van der Waals surface area contributed by atoms with Crippen LogP contribution in [0.15, 0.2) is 30.6 Å². The lowest BCUT2D eigenvalue weighted by molar-refractivity contribution is -0.145. The molecule has 1 amide bonds. The van der Waals surface area contributed by atoms with Gasteiger partial charge in [-0.05, 0) is 12.1 Å². The average Bonchev–Trinajstić information content (AvgIpc) is 2.74. The van der Waals surface area contributed by atoms with Crippen LogP contribution in [0.5, 0.6) is 5.75 Å². The minimum Gasteiger partial charge on any atom is -0.495 e. The second-order valence-electron chi connectivity index (χ2n) is 6.53. The first-order valence-corrected chi connectivity index (χ1v) is 9.50. The second kappa shape index (κ2) is 9.59. The summed E-state index contributed by atoms with van der Waals surface area (Å²) >= 11 is 6.21. The predicted octanol–water partition coefficient (Wildman–Crippen LogP) is 2.96. The Hall–Kier alpha value is -2.43. The van der Waals surface area contributed by atoms with E-state index in [1.54, 1.807) is 18.2 Å². The zero-order valence-corrected chi connectivity index (χ0v) is 16.8. The number of carbonyl (C=O) groups excluding carboxylic acids is 1. The molecule has 1 aliphatic rings. The van der Waals surface area contributed by atoms with Gasteiger partial charge in [-0.25, -0.2) is 9.97 Å². The maximum Gasteiger partial charge on any atom is 0.451 e. The Morgan fingerprint density at radius 2 is 1.97 bits per heavy atom. The van der Waals surface area contributed by atoms with Crippen molar-refractivity contribution >= 4 is 17.5 Å². The molecule has 30 heavy (non-hydrogen) atoms. The lowest BCUT2D eigenvalue weighted by Gasteiger charge is -2.34. The largest absolute Gasteiger partial charge is 0.495 e. The molecule has 2 heterocycles. The van der Waals surface area contributed by atoms with Crippen LogP contribution in [0.1, 0.15) is 27.8 Å². The van der Waals surface area contributed by atoms with Crippen LogP contribution in [0.4, 0.5) is 13.2 Å². The molecule has 1 aromatic heterocycles. The van der Waals surface area contributed by atoms with Crippen LogP contribution in [0.25, 0.3) is 0 Å². The van der Waals surface area contributed by atoms with Gasteiger partial charge in [-0.1, -0.05) is 17.7 Å². The molecule has 1 fully saturated rings. The van der Waals surface area contributed by atoms with E-state index in [1.807, 2.05) is 4.90 Å². The maximum absolute atomic E-state index is 12.8. The van der Waals surface area contributed by atoms with Gasteiger partial charge < -0.3 is 14.8 Å². The Kier molecular flexibility index (Phi) is 7.11. The number of halogens is 4. The van der Waals surface area contributed by atoms with E-state index in [-0.39, 0.29) is 17.1 Å². The average molecular weight is 445 g/mol. The van der Waals surface area contributed by atoms with Crippen molar-refractivity contribution < 1.29 is 27.4 Å². The highest BCUT2D eigenvalue weighted by Crippen LogP contribution is 2.29. The Bertz CT molecular complexity index is 874. The number of benzene rings is 1. The van der Waals surface area contributed by atoms with Crippen LogP contribution < -0.4 is 10.1 Å². The number of nitrogens with zero attached hydrogens (tertiary/aromatic N) is 3. The summed E-state index contributed by atoms with van der Waals surface area (Å²) in [4.78, 5) is 21.6. The first-order valence-electron chi connectivity index (χ1n) is 9.13. The molecule has 1 unspecified atom stereocenters. The highest BCUT2D eigenvalue weighted by atomic mass is 35.5. The predicted molar refractivity (Wildman–Crippen MR) is 103 cm³/mol. The molecular formula is C19H20ClF3N4O3. The first-order chi connectivity index (χ1) is 14.3. The summed E-state index contributed by atoms with van der Waals surface area (Å²) in [5.74, 6) is -1.27. The third-order valence-electron chi connectivity index (χ3n) is 4.68. The molecule has 0 saturated carbocycles. The summed E-state index contributed by atoms with van der Waals surface area (Å²) in [6, 6.07) is 4.41. The number of hydrogen-bond donors (Lipinski definition) is 1. The number of amides is 1. The normalized spacial score (nSPS) is 16.2. The number of ether oxygens (including phenoxy) is 2. The topological polar surface area (TPSA) is 76.6 Å². The SMILES string of the molecule is COc1cccc(C(=O)NCC(c2cnc(C(F)(F)F)nc2)N2CCOCC2)c1Cl. The second-order valence-corrected chi connectivity index (χ2v) is 6.91. The molecule has 0 radical (unpaired) electrons. The van der Waals surface area contributed by atoms with Gasteiger partial charge in [0.2, 0.25) is 5.82 Å². The lowest BCUT2D eigenvalue weighted by Crippen LogP contribution is -2.44. The van der Waals surface area contributed by atoms with Crippen LogP contribution >= 0.6 is 11.6 Å². The van der Waals surface area contributed by atoms with Crippen LogP contribution in [0.3, 0.4) is 0 Å². The molecule has 1 saturated heterocycles. The summed E-state index contributed by atoms with van der Waals surface area (Å²) in [6.45, 7) is 2.20. The van der Waals surface area contributed by atoms with Crippen molar-refractivity contribution in [1.82, 2.24) is 20.2 Å². The van der Waals surface area contributed by atoms with Crippen LogP contribution in [0.2, 0.25) is 5.02 Å². The molecule has 11 heteroatoms. The van der Waals surface area contributed by atoms with Crippen LogP contribution in [-0.4, -0.2) is 60.7 Å². The standard InChI is InChI=1S/C19H20ClF3N4O3/c1-29-15-4-2-3-13(16(15)20)17(28)24-11-14(27-5-7-30-8-6-27)12-9-25-18(26-10-12)19(21,22)23/h2-4,9-10,14H,5-8,11H2,1H3,(H,24,28). The molecule has 162 valence electrons. The van der Waals surface area contributed by atoms with Crippen LogP contribution in [0, 0.1) is 0 Å². The number of aromatic nitrogens is 2. The fraction of sp³-hybridized carbons (Fsp3) is 0.421. The van der Waals surface area contributed by atoms with E-state index in [0.717, 1.165) is 12.4 Å². The van der Waals surface area contributed by atoms with Crippen molar-refractivity contribution in [1.29, 1.82) is 0 Å². The van der Waals surface area contributed by atoms with Gasteiger partial charge >= 0.3 is 6.18 Å². The Balaban J connectivity index is 1.79. The van der Waals surface area contributed by atoms with Gasteiger partial charge in [-0.15, -0.1) is 0 Å². The zero-order chi connectivity index (χ0) is 21.7. The summed E-state index contributed by atoms with van der Waals surface area (Å²) in [5, 5.41) is 2.97. The molecule has 3 rings (SSSR count). The number of alkyl halides is 3. The summed E-state index contributed by atoms with van der Waals surface area (Å²) in [7, 11) is 1.45. The van der Waals surface area contributed by atoms with Gasteiger partial charge in [0.1, 0.15) is 5.75 Å². The molecule has 0 bridgehead atoms. The lowest BCUT2D eigenvalue weighted by atomic mass is 10.1. The van der Waals surface area contributed by atoms with E-state index in [9.17, 15) is 18.0 Å². The monoisotopic (exact) mass is 444 g/mol. The zero-order valence-electron chi connectivity index (χ0n) is 16.1. The molecule has 1 aliphatic heterocycles. The fourth-order valence-electron chi connectivity index (χ4n) is 3.13. The van der Waals surface area contributed by atoms with Crippen molar-refractivity contribution in [3.05, 3.63) is 52.6 Å². The number of rotatable bonds is 6. The molecule has 1 atom stereocenters. The Morgan fingerprint density at radius 1 is 1.30 bits per heavy atom. The van der Waals surface area contributed by atoms with E-state index >= 15 is 0 Å². The third kappa shape index (κ3) is 5.18. The van der Waals surface area contributed by atoms with Crippen molar-refractivity contribution in [3.63, 3.8) is 0 Å². The van der Waals surface area contributed by atoms with E-state index < -0.39 is 23.9 Å². The number of carbonyl (C=O) groups is 1. The third-order valence-corrected chi connectivity index (χ3v) is 5.07. The van der Waals surface area contributed by atoms with Crippen LogP contribution in [-0.2, 0) is 10.9 Å². The van der Waals surface area contributed by atoms with E-state index in [2.05, 4.69) is 15.3 Å². The maximum atomic E-state index is 12.8. The number of nitrogens with one attached hydrogen (secondary N) is 1. The molecule has 0 spiro atoms. The highest BCUT2D eigenvalue weighted by Gasteiger charge is 2.35. The molecule has 7 nitrogen and oxygen atoms in total. The van der Waals surface area contributed by atoms with E-state index in [1.165, 1.54) is 7.11 Å². The van der Waals surface area contributed by atoms with Gasteiger partial charge in [0, 0.05) is 37.6 Å². The van der Waals surface area contributed by atoms with E-state index in [0.29, 0.717) is 37.6 Å². The quantitative estimate of drug-likeness (QED) is 0.738. The summed E-state index contributed by atoms with van der Waals surface area (Å²) in [5.41, 5.74) is 0.697. The van der Waals surface area contributed by atoms with Gasteiger partial charge in [-0.3, -0.25) is 9.69 Å². The number of morpholine rings is 1. The molecule has 0 aliphatic carbocycles. The Morgan fingerprint density at radius 3 is 2.57 bits per heavy atom. The van der Waals surface area contributed by atoms with Crippen molar-refractivity contribution in [2.24, 2.45) is 0 Å². The van der Waals surface area contributed by atoms with E-state index in [4.69, 9.17) is 21.1 Å². The van der Waals surface area contributed by atoms with Gasteiger partial charge in [0.25, 0.3) is 5.91 Å². The van der Waals surface area contributed by atoms with Gasteiger partial charge in [0.05, 0.1) is 37.0 Å². The van der Waals surface area contributed by atoms with Gasteiger partial charge in [0.15, 0.2) is 0 Å². The molecule has 2 aromatic rings. The van der Waals surface area contributed by atoms with Crippen molar-refractivity contribution in [3.8, 4) is 5.75 Å². The number of hydrogen-bond acceptors (Lipinski definition) is 6. The fourth-order valence-corrected chi connectivity index (χ4v) is 3.42. The number of methoxy groups -OCH3 is 1. The van der Waals surface area contributed by atoms with Crippen molar-refractivity contribution in [2.45, 2.75) is 12.2 Å². The first kappa shape index (κ1) is 22.3. The summed E-state index contributed by atoms with van der Waals surface area (Å²) in [6.07, 6.45) is -2.34. The van der Waals surface area contributed by atoms with Gasteiger partial charge in [-0.2, -0.15) is 13.2 Å².